The lowest BCUT2D eigenvalue weighted by Gasteiger charge is -2.19. The Morgan fingerprint density at radius 3 is 2.38 bits per heavy atom. The molecule has 34 heavy (non-hydrogen) atoms. The number of rotatable bonds is 6. The summed E-state index contributed by atoms with van der Waals surface area (Å²) in [6, 6.07) is 19.4. The standard InChI is InChI=1S/C29H25FN2O2/c1-6-29(3,4)32-28(33)22-9-7-8-20(16-22)21-12-15-25-24(17-21)26(18(2)31-5)27(34-25)19-10-13-23(30)14-11-19/h1,7-17,31H,2H2,3-5H3,(H,32,33). The molecule has 3 aromatic carbocycles. The second-order valence-corrected chi connectivity index (χ2v) is 8.56. The molecule has 0 saturated carbocycles. The van der Waals surface area contributed by atoms with Gasteiger partial charge in [0.1, 0.15) is 17.2 Å². The minimum Gasteiger partial charge on any atom is -0.455 e. The summed E-state index contributed by atoms with van der Waals surface area (Å²) in [6.45, 7) is 7.69. The average Bonchev–Trinajstić information content (AvgIpc) is 3.22. The van der Waals surface area contributed by atoms with Gasteiger partial charge in [-0.05, 0) is 73.5 Å². The third-order valence-corrected chi connectivity index (χ3v) is 5.64. The number of furan rings is 1. The summed E-state index contributed by atoms with van der Waals surface area (Å²) in [7, 11) is 1.79. The lowest BCUT2D eigenvalue weighted by Crippen LogP contribution is -2.42. The molecule has 170 valence electrons. The second kappa shape index (κ2) is 8.92. The van der Waals surface area contributed by atoms with Gasteiger partial charge in [0.2, 0.25) is 0 Å². The number of terminal acetylenes is 1. The number of benzene rings is 3. The predicted molar refractivity (Wildman–Crippen MR) is 136 cm³/mol. The fraction of sp³-hybridized carbons (Fsp3) is 0.138. The molecule has 1 aromatic heterocycles. The molecule has 0 fully saturated rings. The van der Waals surface area contributed by atoms with E-state index in [-0.39, 0.29) is 11.7 Å². The van der Waals surface area contributed by atoms with E-state index >= 15 is 0 Å². The predicted octanol–water partition coefficient (Wildman–Crippen LogP) is 6.24. The number of halogens is 1. The highest BCUT2D eigenvalue weighted by atomic mass is 19.1. The number of nitrogens with one attached hydrogen (secondary N) is 2. The zero-order valence-electron chi connectivity index (χ0n) is 19.3. The van der Waals surface area contributed by atoms with E-state index in [0.717, 1.165) is 27.6 Å². The van der Waals surface area contributed by atoms with E-state index in [0.29, 0.717) is 22.6 Å². The minimum absolute atomic E-state index is 0.239. The first kappa shape index (κ1) is 22.9. The number of fused-ring (bicyclic) bond motifs is 1. The van der Waals surface area contributed by atoms with Crippen LogP contribution in [-0.4, -0.2) is 18.5 Å². The van der Waals surface area contributed by atoms with Gasteiger partial charge in [0.05, 0.1) is 11.1 Å². The molecule has 2 N–H and O–H groups in total. The maximum atomic E-state index is 13.5. The van der Waals surface area contributed by atoms with Gasteiger partial charge in [-0.15, -0.1) is 6.42 Å². The van der Waals surface area contributed by atoms with Crippen molar-refractivity contribution < 1.29 is 13.6 Å². The molecule has 0 saturated heterocycles. The van der Waals surface area contributed by atoms with Gasteiger partial charge in [-0.3, -0.25) is 4.79 Å². The van der Waals surface area contributed by atoms with Crippen LogP contribution < -0.4 is 10.6 Å². The molecule has 0 bridgehead atoms. The monoisotopic (exact) mass is 452 g/mol. The lowest BCUT2D eigenvalue weighted by atomic mass is 9.98. The first-order valence-corrected chi connectivity index (χ1v) is 10.8. The molecule has 4 nitrogen and oxygen atoms in total. The zero-order chi connectivity index (χ0) is 24.5. The van der Waals surface area contributed by atoms with Crippen molar-refractivity contribution in [1.29, 1.82) is 0 Å². The minimum atomic E-state index is -0.748. The Kier molecular flexibility index (Phi) is 6.00. The van der Waals surface area contributed by atoms with Gasteiger partial charge >= 0.3 is 0 Å². The van der Waals surface area contributed by atoms with Gasteiger partial charge in [0.25, 0.3) is 5.91 Å². The molecule has 5 heteroatoms. The van der Waals surface area contributed by atoms with Crippen molar-refractivity contribution in [3.05, 3.63) is 90.3 Å². The van der Waals surface area contributed by atoms with Crippen LogP contribution in [0.1, 0.15) is 29.8 Å². The molecule has 0 aliphatic heterocycles. The maximum absolute atomic E-state index is 13.5. The van der Waals surface area contributed by atoms with Crippen molar-refractivity contribution in [1.82, 2.24) is 10.6 Å². The summed E-state index contributed by atoms with van der Waals surface area (Å²) in [5.41, 5.74) is 4.46. The van der Waals surface area contributed by atoms with E-state index in [1.54, 1.807) is 39.1 Å². The maximum Gasteiger partial charge on any atom is 0.252 e. The topological polar surface area (TPSA) is 54.3 Å². The smallest absolute Gasteiger partial charge is 0.252 e. The largest absolute Gasteiger partial charge is 0.455 e. The first-order valence-electron chi connectivity index (χ1n) is 10.8. The molecule has 1 amide bonds. The molecule has 0 unspecified atom stereocenters. The van der Waals surface area contributed by atoms with E-state index in [1.165, 1.54) is 12.1 Å². The molecule has 1 heterocycles. The normalized spacial score (nSPS) is 11.1. The second-order valence-electron chi connectivity index (χ2n) is 8.56. The van der Waals surface area contributed by atoms with Gasteiger partial charge in [-0.25, -0.2) is 4.39 Å². The molecule has 0 radical (unpaired) electrons. The molecule has 0 atom stereocenters. The van der Waals surface area contributed by atoms with Crippen LogP contribution in [0.15, 0.2) is 77.7 Å². The SMILES string of the molecule is C#CC(C)(C)NC(=O)c1cccc(-c2ccc3oc(-c4ccc(F)cc4)c(C(=C)NC)c3c2)c1. The molecule has 0 aliphatic carbocycles. The summed E-state index contributed by atoms with van der Waals surface area (Å²) >= 11 is 0. The van der Waals surface area contributed by atoms with Gasteiger partial charge in [0.15, 0.2) is 0 Å². The van der Waals surface area contributed by atoms with E-state index in [1.807, 2.05) is 36.4 Å². The van der Waals surface area contributed by atoms with Gasteiger partial charge < -0.3 is 15.1 Å². The summed E-state index contributed by atoms with van der Waals surface area (Å²) in [4.78, 5) is 12.7. The van der Waals surface area contributed by atoms with Gasteiger partial charge in [0, 0.05) is 29.3 Å². The zero-order valence-corrected chi connectivity index (χ0v) is 19.3. The van der Waals surface area contributed by atoms with Crippen molar-refractivity contribution in [2.75, 3.05) is 7.05 Å². The Bertz CT molecular complexity index is 1440. The Hall–Kier alpha value is -4.30. The number of amides is 1. The molecule has 4 aromatic rings. The van der Waals surface area contributed by atoms with Crippen LogP contribution in [0.4, 0.5) is 4.39 Å². The van der Waals surface area contributed by atoms with Crippen molar-refractivity contribution in [2.45, 2.75) is 19.4 Å². The van der Waals surface area contributed by atoms with Crippen molar-refractivity contribution in [2.24, 2.45) is 0 Å². The molecule has 0 spiro atoms. The molecule has 0 aliphatic rings. The quantitative estimate of drug-likeness (QED) is 0.341. The highest BCUT2D eigenvalue weighted by Crippen LogP contribution is 2.38. The summed E-state index contributed by atoms with van der Waals surface area (Å²) in [5, 5.41) is 6.81. The van der Waals surface area contributed by atoms with Crippen LogP contribution in [0.5, 0.6) is 0 Å². The fourth-order valence-electron chi connectivity index (χ4n) is 3.74. The summed E-state index contributed by atoms with van der Waals surface area (Å²) in [6.07, 6.45) is 5.50. The summed E-state index contributed by atoms with van der Waals surface area (Å²) in [5.74, 6) is 2.63. The number of carbonyl (C=O) groups excluding carboxylic acids is 1. The third kappa shape index (κ3) is 4.44. The van der Waals surface area contributed by atoms with E-state index in [2.05, 4.69) is 23.1 Å². The lowest BCUT2D eigenvalue weighted by molar-refractivity contribution is 0.0930. The van der Waals surface area contributed by atoms with Crippen molar-refractivity contribution in [3.8, 4) is 34.8 Å². The van der Waals surface area contributed by atoms with Crippen molar-refractivity contribution in [3.63, 3.8) is 0 Å². The Balaban J connectivity index is 1.80. The van der Waals surface area contributed by atoms with Crippen LogP contribution in [0.3, 0.4) is 0 Å². The van der Waals surface area contributed by atoms with Crippen LogP contribution in [0.25, 0.3) is 39.1 Å². The van der Waals surface area contributed by atoms with Crippen molar-refractivity contribution >= 4 is 22.6 Å². The number of hydrogen-bond donors (Lipinski definition) is 2. The number of hydrogen-bond acceptors (Lipinski definition) is 3. The third-order valence-electron chi connectivity index (χ3n) is 5.64. The molecular formula is C29H25FN2O2. The average molecular weight is 453 g/mol. The van der Waals surface area contributed by atoms with Gasteiger partial charge in [-0.1, -0.05) is 30.7 Å². The van der Waals surface area contributed by atoms with Crippen LogP contribution in [-0.2, 0) is 0 Å². The molecule has 4 rings (SSSR count). The highest BCUT2D eigenvalue weighted by molar-refractivity contribution is 6.00. The summed E-state index contributed by atoms with van der Waals surface area (Å²) < 4.78 is 19.6. The Morgan fingerprint density at radius 1 is 1.03 bits per heavy atom. The van der Waals surface area contributed by atoms with Gasteiger partial charge in [-0.2, -0.15) is 0 Å². The number of carbonyl (C=O) groups is 1. The Labute approximate surface area is 198 Å². The fourth-order valence-corrected chi connectivity index (χ4v) is 3.74. The van der Waals surface area contributed by atoms with E-state index < -0.39 is 5.54 Å². The first-order chi connectivity index (χ1) is 16.2. The van der Waals surface area contributed by atoms with Crippen LogP contribution >= 0.6 is 0 Å². The van der Waals surface area contributed by atoms with Crippen LogP contribution in [0.2, 0.25) is 0 Å². The van der Waals surface area contributed by atoms with E-state index in [4.69, 9.17) is 10.8 Å². The Morgan fingerprint density at radius 2 is 1.71 bits per heavy atom. The molecular weight excluding hydrogens is 427 g/mol. The highest BCUT2D eigenvalue weighted by Gasteiger charge is 2.20. The van der Waals surface area contributed by atoms with E-state index in [9.17, 15) is 9.18 Å². The van der Waals surface area contributed by atoms with Crippen LogP contribution in [0, 0.1) is 18.2 Å².